The molecule has 3 N–H and O–H groups in total. The summed E-state index contributed by atoms with van der Waals surface area (Å²) in [6, 6.07) is 6.50. The Bertz CT molecular complexity index is 377. The molecule has 4 nitrogen and oxygen atoms in total. The maximum absolute atomic E-state index is 11.7. The standard InChI is InChI=1S/C13H19NO3/c1-9(2)11(8-15)14-13(17)7-10-5-3-4-6-12(10)16/h3-6,9,11,15-16H,7-8H2,1-2H3,(H,14,17). The van der Waals surface area contributed by atoms with E-state index in [9.17, 15) is 9.90 Å². The van der Waals surface area contributed by atoms with Gasteiger partial charge in [0.2, 0.25) is 5.91 Å². The van der Waals surface area contributed by atoms with E-state index >= 15 is 0 Å². The van der Waals surface area contributed by atoms with Crippen LogP contribution < -0.4 is 5.32 Å². The Hall–Kier alpha value is -1.55. The van der Waals surface area contributed by atoms with Crippen molar-refractivity contribution in [2.24, 2.45) is 5.92 Å². The van der Waals surface area contributed by atoms with Crippen molar-refractivity contribution < 1.29 is 15.0 Å². The highest BCUT2D eigenvalue weighted by molar-refractivity contribution is 5.79. The van der Waals surface area contributed by atoms with Crippen molar-refractivity contribution in [3.05, 3.63) is 29.8 Å². The Kier molecular flexibility index (Phi) is 4.97. The molecule has 0 bridgehead atoms. The monoisotopic (exact) mass is 237 g/mol. The number of amides is 1. The number of carbonyl (C=O) groups excluding carboxylic acids is 1. The van der Waals surface area contributed by atoms with E-state index in [-0.39, 0.29) is 36.6 Å². The van der Waals surface area contributed by atoms with Crippen molar-refractivity contribution >= 4 is 5.91 Å². The number of benzene rings is 1. The van der Waals surface area contributed by atoms with Crippen molar-refractivity contribution in [3.63, 3.8) is 0 Å². The van der Waals surface area contributed by atoms with Crippen LogP contribution in [0, 0.1) is 5.92 Å². The molecule has 0 saturated carbocycles. The fourth-order valence-electron chi connectivity index (χ4n) is 1.51. The number of aliphatic hydroxyl groups is 1. The van der Waals surface area contributed by atoms with Crippen molar-refractivity contribution in [3.8, 4) is 5.75 Å². The van der Waals surface area contributed by atoms with E-state index in [2.05, 4.69) is 5.32 Å². The van der Waals surface area contributed by atoms with Crippen LogP contribution in [0.5, 0.6) is 5.75 Å². The minimum Gasteiger partial charge on any atom is -0.508 e. The van der Waals surface area contributed by atoms with E-state index in [0.717, 1.165) is 0 Å². The summed E-state index contributed by atoms with van der Waals surface area (Å²) in [4.78, 5) is 11.7. The van der Waals surface area contributed by atoms with Crippen LogP contribution in [0.2, 0.25) is 0 Å². The highest BCUT2D eigenvalue weighted by atomic mass is 16.3. The molecule has 0 spiro atoms. The number of hydrogen-bond donors (Lipinski definition) is 3. The molecule has 1 atom stereocenters. The highest BCUT2D eigenvalue weighted by Crippen LogP contribution is 2.16. The lowest BCUT2D eigenvalue weighted by Gasteiger charge is -2.19. The highest BCUT2D eigenvalue weighted by Gasteiger charge is 2.15. The summed E-state index contributed by atoms with van der Waals surface area (Å²) >= 11 is 0. The SMILES string of the molecule is CC(C)C(CO)NC(=O)Cc1ccccc1O. The smallest absolute Gasteiger partial charge is 0.224 e. The molecule has 94 valence electrons. The van der Waals surface area contributed by atoms with Gasteiger partial charge in [-0.3, -0.25) is 4.79 Å². The summed E-state index contributed by atoms with van der Waals surface area (Å²) in [6.45, 7) is 3.78. The molecule has 0 fully saturated rings. The number of nitrogens with one attached hydrogen (secondary N) is 1. The Morgan fingerprint density at radius 2 is 2.00 bits per heavy atom. The molecule has 0 aromatic heterocycles. The zero-order valence-corrected chi connectivity index (χ0v) is 10.2. The average molecular weight is 237 g/mol. The third-order valence-electron chi connectivity index (χ3n) is 2.69. The van der Waals surface area contributed by atoms with E-state index in [1.807, 2.05) is 13.8 Å². The van der Waals surface area contributed by atoms with Crippen LogP contribution in [-0.2, 0) is 11.2 Å². The van der Waals surface area contributed by atoms with Crippen LogP contribution in [-0.4, -0.2) is 28.8 Å². The average Bonchev–Trinajstić information content (AvgIpc) is 2.28. The van der Waals surface area contributed by atoms with Gasteiger partial charge in [-0.25, -0.2) is 0 Å². The van der Waals surface area contributed by atoms with Gasteiger partial charge < -0.3 is 15.5 Å². The molecule has 0 saturated heterocycles. The van der Waals surface area contributed by atoms with Crippen LogP contribution in [0.15, 0.2) is 24.3 Å². The second-order valence-corrected chi connectivity index (χ2v) is 4.41. The van der Waals surface area contributed by atoms with Crippen LogP contribution in [0.25, 0.3) is 0 Å². The molecule has 1 aromatic carbocycles. The van der Waals surface area contributed by atoms with Crippen LogP contribution >= 0.6 is 0 Å². The molecule has 1 amide bonds. The molecule has 0 heterocycles. The second kappa shape index (κ2) is 6.25. The fraction of sp³-hybridized carbons (Fsp3) is 0.462. The topological polar surface area (TPSA) is 69.6 Å². The van der Waals surface area contributed by atoms with E-state index in [0.29, 0.717) is 5.56 Å². The van der Waals surface area contributed by atoms with Crippen LogP contribution in [0.3, 0.4) is 0 Å². The lowest BCUT2D eigenvalue weighted by molar-refractivity contribution is -0.121. The summed E-state index contributed by atoms with van der Waals surface area (Å²) in [5.74, 6) is 0.0975. The molecule has 0 aliphatic rings. The fourth-order valence-corrected chi connectivity index (χ4v) is 1.51. The first-order valence-corrected chi connectivity index (χ1v) is 5.71. The van der Waals surface area contributed by atoms with E-state index < -0.39 is 0 Å². The summed E-state index contributed by atoms with van der Waals surface area (Å²) in [7, 11) is 0. The third kappa shape index (κ3) is 4.07. The molecule has 4 heteroatoms. The Morgan fingerprint density at radius 3 is 2.53 bits per heavy atom. The molecule has 0 aliphatic carbocycles. The number of hydrogen-bond acceptors (Lipinski definition) is 3. The summed E-state index contributed by atoms with van der Waals surface area (Å²) in [5, 5.41) is 21.4. The molecule has 1 rings (SSSR count). The number of para-hydroxylation sites is 1. The molecule has 0 aliphatic heterocycles. The number of phenols is 1. The molecule has 1 aromatic rings. The molecular formula is C13H19NO3. The Morgan fingerprint density at radius 1 is 1.35 bits per heavy atom. The minimum atomic E-state index is -0.242. The number of rotatable bonds is 5. The molecule has 1 unspecified atom stereocenters. The summed E-state index contributed by atoms with van der Waals surface area (Å²) < 4.78 is 0. The van der Waals surface area contributed by atoms with Gasteiger partial charge in [0.25, 0.3) is 0 Å². The largest absolute Gasteiger partial charge is 0.508 e. The van der Waals surface area contributed by atoms with Gasteiger partial charge in [0.05, 0.1) is 19.1 Å². The van der Waals surface area contributed by atoms with Crippen molar-refractivity contribution in [1.82, 2.24) is 5.32 Å². The van der Waals surface area contributed by atoms with Crippen LogP contribution in [0.4, 0.5) is 0 Å². The van der Waals surface area contributed by atoms with Gasteiger partial charge in [-0.05, 0) is 12.0 Å². The maximum atomic E-state index is 11.7. The first-order valence-electron chi connectivity index (χ1n) is 5.71. The van der Waals surface area contributed by atoms with Gasteiger partial charge in [0, 0.05) is 5.56 Å². The number of phenolic OH excluding ortho intramolecular Hbond substituents is 1. The normalized spacial score (nSPS) is 12.5. The van der Waals surface area contributed by atoms with Crippen LogP contribution in [0.1, 0.15) is 19.4 Å². The van der Waals surface area contributed by atoms with Crippen molar-refractivity contribution in [2.75, 3.05) is 6.61 Å². The van der Waals surface area contributed by atoms with Gasteiger partial charge in [0.1, 0.15) is 5.75 Å². The molecule has 0 radical (unpaired) electrons. The number of carbonyl (C=O) groups is 1. The molecule has 17 heavy (non-hydrogen) atoms. The van der Waals surface area contributed by atoms with E-state index in [1.54, 1.807) is 24.3 Å². The van der Waals surface area contributed by atoms with Gasteiger partial charge in [-0.1, -0.05) is 32.0 Å². The van der Waals surface area contributed by atoms with E-state index in [1.165, 1.54) is 0 Å². The van der Waals surface area contributed by atoms with Gasteiger partial charge in [0.15, 0.2) is 0 Å². The Labute approximate surface area is 101 Å². The second-order valence-electron chi connectivity index (χ2n) is 4.41. The lowest BCUT2D eigenvalue weighted by Crippen LogP contribution is -2.41. The lowest BCUT2D eigenvalue weighted by atomic mass is 10.0. The third-order valence-corrected chi connectivity index (χ3v) is 2.69. The number of aromatic hydroxyl groups is 1. The minimum absolute atomic E-state index is 0.0792. The first-order chi connectivity index (χ1) is 8.04. The quantitative estimate of drug-likeness (QED) is 0.717. The Balaban J connectivity index is 2.58. The zero-order valence-electron chi connectivity index (χ0n) is 10.2. The maximum Gasteiger partial charge on any atom is 0.224 e. The van der Waals surface area contributed by atoms with Gasteiger partial charge in [-0.2, -0.15) is 0 Å². The van der Waals surface area contributed by atoms with Crippen molar-refractivity contribution in [1.29, 1.82) is 0 Å². The first kappa shape index (κ1) is 13.5. The predicted molar refractivity (Wildman–Crippen MR) is 65.7 cm³/mol. The summed E-state index contributed by atoms with van der Waals surface area (Å²) in [5.41, 5.74) is 0.588. The predicted octanol–water partition coefficient (Wildman–Crippen LogP) is 1.07. The summed E-state index contributed by atoms with van der Waals surface area (Å²) in [6.07, 6.45) is 0.121. The zero-order chi connectivity index (χ0) is 12.8. The molecular weight excluding hydrogens is 218 g/mol. The number of aliphatic hydroxyl groups excluding tert-OH is 1. The van der Waals surface area contributed by atoms with Gasteiger partial charge >= 0.3 is 0 Å². The van der Waals surface area contributed by atoms with Gasteiger partial charge in [-0.15, -0.1) is 0 Å². The van der Waals surface area contributed by atoms with E-state index in [4.69, 9.17) is 5.11 Å². The van der Waals surface area contributed by atoms with Crippen molar-refractivity contribution in [2.45, 2.75) is 26.3 Å².